The van der Waals surface area contributed by atoms with Gasteiger partial charge in [0.15, 0.2) is 0 Å². The topological polar surface area (TPSA) is 57.6 Å². The third-order valence-electron chi connectivity index (χ3n) is 2.58. The van der Waals surface area contributed by atoms with E-state index in [1.165, 1.54) is 0 Å². The Labute approximate surface area is 97.6 Å². The summed E-state index contributed by atoms with van der Waals surface area (Å²) in [6.45, 7) is 9.75. The molecule has 0 aliphatic heterocycles. The molecule has 0 rings (SSSR count). The summed E-state index contributed by atoms with van der Waals surface area (Å²) in [6, 6.07) is 0.122. The van der Waals surface area contributed by atoms with Gasteiger partial charge < -0.3 is 10.0 Å². The lowest BCUT2D eigenvalue weighted by molar-refractivity contribution is -0.152. The maximum absolute atomic E-state index is 12.0. The predicted molar refractivity (Wildman–Crippen MR) is 63.2 cm³/mol. The second-order valence-corrected chi connectivity index (χ2v) is 5.05. The number of carboxylic acids is 1. The van der Waals surface area contributed by atoms with Crippen molar-refractivity contribution in [2.24, 2.45) is 5.41 Å². The summed E-state index contributed by atoms with van der Waals surface area (Å²) in [5.74, 6) is -1.01. The van der Waals surface area contributed by atoms with Crippen molar-refractivity contribution in [3.8, 4) is 0 Å². The van der Waals surface area contributed by atoms with Crippen molar-refractivity contribution in [3.05, 3.63) is 0 Å². The lowest BCUT2D eigenvalue weighted by Gasteiger charge is -2.29. The fourth-order valence-corrected chi connectivity index (χ4v) is 1.47. The Balaban J connectivity index is 4.59. The summed E-state index contributed by atoms with van der Waals surface area (Å²) in [7, 11) is 0. The maximum atomic E-state index is 12.0. The maximum Gasteiger partial charge on any atom is 0.309 e. The van der Waals surface area contributed by atoms with Crippen LogP contribution < -0.4 is 0 Å². The third-order valence-corrected chi connectivity index (χ3v) is 2.58. The van der Waals surface area contributed by atoms with Gasteiger partial charge in [0.05, 0.1) is 5.41 Å². The van der Waals surface area contributed by atoms with E-state index in [0.29, 0.717) is 6.54 Å². The molecule has 0 radical (unpaired) electrons. The molecule has 0 saturated heterocycles. The van der Waals surface area contributed by atoms with Gasteiger partial charge in [-0.05, 0) is 34.1 Å². The van der Waals surface area contributed by atoms with Gasteiger partial charge in [0.25, 0.3) is 0 Å². The van der Waals surface area contributed by atoms with Crippen molar-refractivity contribution < 1.29 is 14.7 Å². The molecule has 16 heavy (non-hydrogen) atoms. The molecule has 0 aliphatic carbocycles. The zero-order valence-electron chi connectivity index (χ0n) is 10.9. The Morgan fingerprint density at radius 3 is 2.12 bits per heavy atom. The highest BCUT2D eigenvalue weighted by atomic mass is 16.4. The molecule has 0 fully saturated rings. The highest BCUT2D eigenvalue weighted by molar-refractivity contribution is 5.84. The minimum Gasteiger partial charge on any atom is -0.481 e. The molecule has 0 aliphatic rings. The van der Waals surface area contributed by atoms with Gasteiger partial charge >= 0.3 is 5.97 Å². The Bertz CT molecular complexity index is 259. The number of nitrogens with zero attached hydrogens (tertiary/aromatic N) is 1. The van der Waals surface area contributed by atoms with Crippen LogP contribution in [0, 0.1) is 5.41 Å². The van der Waals surface area contributed by atoms with Crippen LogP contribution in [0.25, 0.3) is 0 Å². The number of aliphatic carboxylic acids is 1. The minimum atomic E-state index is -0.988. The molecule has 0 aromatic rings. The first kappa shape index (κ1) is 14.9. The third kappa shape index (κ3) is 4.21. The quantitative estimate of drug-likeness (QED) is 0.759. The van der Waals surface area contributed by atoms with Crippen molar-refractivity contribution in [1.82, 2.24) is 4.90 Å². The molecular weight excluding hydrogens is 206 g/mol. The van der Waals surface area contributed by atoms with Crippen LogP contribution in [0.1, 0.15) is 47.5 Å². The molecule has 94 valence electrons. The standard InChI is InChI=1S/C12H23NO3/c1-6-7-13(9(2)3)10(14)8-12(4,5)11(15)16/h9H,6-8H2,1-5H3,(H,15,16). The van der Waals surface area contributed by atoms with E-state index in [2.05, 4.69) is 0 Å². The average Bonchev–Trinajstić information content (AvgIpc) is 2.12. The molecule has 4 nitrogen and oxygen atoms in total. The molecule has 4 heteroatoms. The van der Waals surface area contributed by atoms with E-state index in [9.17, 15) is 9.59 Å². The Kier molecular flexibility index (Phi) is 5.48. The number of carboxylic acid groups (broad SMARTS) is 1. The van der Waals surface area contributed by atoms with Crippen molar-refractivity contribution in [2.45, 2.75) is 53.5 Å². The van der Waals surface area contributed by atoms with Crippen LogP contribution in [0.3, 0.4) is 0 Å². The molecule has 0 heterocycles. The summed E-state index contributed by atoms with van der Waals surface area (Å²) < 4.78 is 0. The van der Waals surface area contributed by atoms with Crippen LogP contribution in [0.15, 0.2) is 0 Å². The average molecular weight is 229 g/mol. The van der Waals surface area contributed by atoms with Gasteiger partial charge in [0.1, 0.15) is 0 Å². The van der Waals surface area contributed by atoms with E-state index in [0.717, 1.165) is 6.42 Å². The Morgan fingerprint density at radius 2 is 1.81 bits per heavy atom. The van der Waals surface area contributed by atoms with Crippen molar-refractivity contribution in [3.63, 3.8) is 0 Å². The van der Waals surface area contributed by atoms with Crippen LogP contribution in [-0.2, 0) is 9.59 Å². The molecule has 1 N–H and O–H groups in total. The van der Waals surface area contributed by atoms with Gasteiger partial charge in [-0.25, -0.2) is 0 Å². The first-order valence-corrected chi connectivity index (χ1v) is 5.75. The highest BCUT2D eigenvalue weighted by Gasteiger charge is 2.32. The fraction of sp³-hybridized carbons (Fsp3) is 0.833. The van der Waals surface area contributed by atoms with Crippen LogP contribution in [-0.4, -0.2) is 34.5 Å². The van der Waals surface area contributed by atoms with E-state index in [-0.39, 0.29) is 18.4 Å². The van der Waals surface area contributed by atoms with Gasteiger partial charge in [-0.3, -0.25) is 9.59 Å². The number of amides is 1. The van der Waals surface area contributed by atoms with Crippen molar-refractivity contribution >= 4 is 11.9 Å². The zero-order valence-corrected chi connectivity index (χ0v) is 10.9. The first-order valence-electron chi connectivity index (χ1n) is 5.75. The van der Waals surface area contributed by atoms with E-state index < -0.39 is 11.4 Å². The first-order chi connectivity index (χ1) is 7.22. The molecule has 0 saturated carbocycles. The monoisotopic (exact) mass is 229 g/mol. The van der Waals surface area contributed by atoms with Crippen LogP contribution in [0.5, 0.6) is 0 Å². The van der Waals surface area contributed by atoms with E-state index in [1.54, 1.807) is 18.7 Å². The lowest BCUT2D eigenvalue weighted by atomic mass is 9.89. The summed E-state index contributed by atoms with van der Waals surface area (Å²) >= 11 is 0. The summed E-state index contributed by atoms with van der Waals surface area (Å²) in [6.07, 6.45) is 0.942. The highest BCUT2D eigenvalue weighted by Crippen LogP contribution is 2.22. The van der Waals surface area contributed by atoms with Gasteiger partial charge in [0, 0.05) is 19.0 Å². The smallest absolute Gasteiger partial charge is 0.309 e. The number of carbonyl (C=O) groups excluding carboxylic acids is 1. The number of hydrogen-bond donors (Lipinski definition) is 1. The van der Waals surface area contributed by atoms with Crippen LogP contribution >= 0.6 is 0 Å². The zero-order chi connectivity index (χ0) is 12.9. The summed E-state index contributed by atoms with van der Waals surface area (Å²) in [5.41, 5.74) is -0.988. The lowest BCUT2D eigenvalue weighted by Crippen LogP contribution is -2.41. The fourth-order valence-electron chi connectivity index (χ4n) is 1.47. The largest absolute Gasteiger partial charge is 0.481 e. The Morgan fingerprint density at radius 1 is 1.31 bits per heavy atom. The second-order valence-electron chi connectivity index (χ2n) is 5.05. The van der Waals surface area contributed by atoms with Gasteiger partial charge in [-0.2, -0.15) is 0 Å². The molecule has 1 amide bonds. The molecule has 0 atom stereocenters. The molecule has 0 aromatic heterocycles. The number of carbonyl (C=O) groups is 2. The molecule has 0 spiro atoms. The SMILES string of the molecule is CCCN(C(=O)CC(C)(C)C(=O)O)C(C)C. The molecular formula is C12H23NO3. The number of hydrogen-bond acceptors (Lipinski definition) is 2. The molecule has 0 unspecified atom stereocenters. The number of rotatable bonds is 6. The van der Waals surface area contributed by atoms with Gasteiger partial charge in [-0.1, -0.05) is 6.92 Å². The predicted octanol–water partition coefficient (Wildman–Crippen LogP) is 2.13. The van der Waals surface area contributed by atoms with Gasteiger partial charge in [0.2, 0.25) is 5.91 Å². The van der Waals surface area contributed by atoms with Crippen molar-refractivity contribution in [1.29, 1.82) is 0 Å². The van der Waals surface area contributed by atoms with Gasteiger partial charge in [-0.15, -0.1) is 0 Å². The molecule has 0 aromatic carbocycles. The van der Waals surface area contributed by atoms with E-state index >= 15 is 0 Å². The normalized spacial score (nSPS) is 11.6. The molecule has 0 bridgehead atoms. The van der Waals surface area contributed by atoms with Crippen LogP contribution in [0.4, 0.5) is 0 Å². The minimum absolute atomic E-state index is 0.0561. The Hall–Kier alpha value is -1.06. The summed E-state index contributed by atoms with van der Waals surface area (Å²) in [4.78, 5) is 24.6. The van der Waals surface area contributed by atoms with E-state index in [1.807, 2.05) is 20.8 Å². The summed E-state index contributed by atoms with van der Waals surface area (Å²) in [5, 5.41) is 8.97. The second kappa shape index (κ2) is 5.87. The van der Waals surface area contributed by atoms with E-state index in [4.69, 9.17) is 5.11 Å². The van der Waals surface area contributed by atoms with Crippen molar-refractivity contribution in [2.75, 3.05) is 6.54 Å². The van der Waals surface area contributed by atoms with Crippen LogP contribution in [0.2, 0.25) is 0 Å².